The highest BCUT2D eigenvalue weighted by atomic mass is 35.5. The number of hydrogen-bond donors (Lipinski definition) is 1. The van der Waals surface area contributed by atoms with E-state index < -0.39 is 0 Å². The van der Waals surface area contributed by atoms with Crippen molar-refractivity contribution >= 4 is 30.7 Å². The van der Waals surface area contributed by atoms with Crippen LogP contribution in [0, 0.1) is 19.8 Å². The molecule has 1 fully saturated rings. The maximum atomic E-state index is 13.4. The SMILES string of the molecule is Cc1cc(C(=O)N2C[C@@H](CN)[C@H](c3ccccc3)C2)c(C)n1-c1ccccn1.Cl.Cl. The zero-order valence-corrected chi connectivity index (χ0v) is 18.8. The van der Waals surface area contributed by atoms with Crippen molar-refractivity contribution in [2.75, 3.05) is 19.6 Å². The van der Waals surface area contributed by atoms with Crippen molar-refractivity contribution in [3.8, 4) is 5.82 Å². The molecule has 0 saturated carbocycles. The summed E-state index contributed by atoms with van der Waals surface area (Å²) >= 11 is 0. The summed E-state index contributed by atoms with van der Waals surface area (Å²) in [5.41, 5.74) is 9.98. The number of nitrogens with zero attached hydrogens (tertiary/aromatic N) is 3. The minimum absolute atomic E-state index is 0. The molecule has 1 aromatic carbocycles. The molecule has 5 nitrogen and oxygen atoms in total. The van der Waals surface area contributed by atoms with Crippen molar-refractivity contribution in [3.05, 3.63) is 83.3 Å². The first-order valence-corrected chi connectivity index (χ1v) is 9.74. The maximum absolute atomic E-state index is 13.4. The number of aromatic nitrogens is 2. The van der Waals surface area contributed by atoms with Gasteiger partial charge in [-0.05, 0) is 50.1 Å². The lowest BCUT2D eigenvalue weighted by molar-refractivity contribution is 0.0785. The summed E-state index contributed by atoms with van der Waals surface area (Å²) in [7, 11) is 0. The van der Waals surface area contributed by atoms with Gasteiger partial charge in [0.05, 0.1) is 5.56 Å². The van der Waals surface area contributed by atoms with Gasteiger partial charge in [0.1, 0.15) is 5.82 Å². The van der Waals surface area contributed by atoms with Crippen molar-refractivity contribution < 1.29 is 4.79 Å². The number of carbonyl (C=O) groups is 1. The van der Waals surface area contributed by atoms with Crippen LogP contribution in [0.4, 0.5) is 0 Å². The van der Waals surface area contributed by atoms with Crippen molar-refractivity contribution in [3.63, 3.8) is 0 Å². The number of pyridine rings is 1. The Morgan fingerprint density at radius 3 is 2.40 bits per heavy atom. The van der Waals surface area contributed by atoms with E-state index in [1.165, 1.54) is 5.56 Å². The van der Waals surface area contributed by atoms with E-state index >= 15 is 0 Å². The molecule has 160 valence electrons. The zero-order chi connectivity index (χ0) is 19.7. The predicted molar refractivity (Wildman–Crippen MR) is 125 cm³/mol. The lowest BCUT2D eigenvalue weighted by Crippen LogP contribution is -2.30. The molecule has 0 aliphatic carbocycles. The first kappa shape index (κ1) is 23.9. The molecule has 0 unspecified atom stereocenters. The number of halogens is 2. The third-order valence-electron chi connectivity index (χ3n) is 5.80. The van der Waals surface area contributed by atoms with Crippen molar-refractivity contribution in [1.82, 2.24) is 14.5 Å². The number of benzene rings is 1. The number of rotatable bonds is 4. The first-order chi connectivity index (χ1) is 13.6. The standard InChI is InChI=1S/C23H26N4O.2ClH/c1-16-12-20(17(2)27(16)22-10-6-7-11-25-22)23(28)26-14-19(13-24)21(15-26)18-8-4-3-5-9-18;;/h3-12,19,21H,13-15,24H2,1-2H3;2*1H/t19-,21+;;/m1../s1. The van der Waals surface area contributed by atoms with Crippen LogP contribution in [0.1, 0.15) is 33.2 Å². The fourth-order valence-corrected chi connectivity index (χ4v) is 4.34. The van der Waals surface area contributed by atoms with Gasteiger partial charge in [0, 0.05) is 36.6 Å². The Labute approximate surface area is 190 Å². The summed E-state index contributed by atoms with van der Waals surface area (Å²) in [5, 5.41) is 0. The topological polar surface area (TPSA) is 64.2 Å². The Morgan fingerprint density at radius 1 is 1.07 bits per heavy atom. The molecular formula is C23H28Cl2N4O. The molecule has 4 rings (SSSR count). The van der Waals surface area contributed by atoms with Crippen LogP contribution in [0.3, 0.4) is 0 Å². The van der Waals surface area contributed by atoms with Gasteiger partial charge < -0.3 is 15.2 Å². The van der Waals surface area contributed by atoms with Gasteiger partial charge in [-0.15, -0.1) is 24.8 Å². The van der Waals surface area contributed by atoms with Crippen LogP contribution in [0.5, 0.6) is 0 Å². The number of amides is 1. The smallest absolute Gasteiger partial charge is 0.255 e. The number of likely N-dealkylation sites (tertiary alicyclic amines) is 1. The highest BCUT2D eigenvalue weighted by Gasteiger charge is 2.36. The normalized spacial score (nSPS) is 17.9. The Kier molecular flexibility index (Phi) is 8.07. The van der Waals surface area contributed by atoms with Crippen LogP contribution < -0.4 is 5.73 Å². The molecule has 2 N–H and O–H groups in total. The highest BCUT2D eigenvalue weighted by molar-refractivity contribution is 5.96. The molecule has 3 aromatic rings. The molecule has 1 aliphatic rings. The van der Waals surface area contributed by atoms with E-state index in [0.29, 0.717) is 19.6 Å². The third-order valence-corrected chi connectivity index (χ3v) is 5.80. The van der Waals surface area contributed by atoms with E-state index in [1.807, 2.05) is 65.8 Å². The largest absolute Gasteiger partial charge is 0.338 e. The van der Waals surface area contributed by atoms with E-state index in [1.54, 1.807) is 6.20 Å². The third kappa shape index (κ3) is 4.38. The summed E-state index contributed by atoms with van der Waals surface area (Å²) < 4.78 is 2.04. The van der Waals surface area contributed by atoms with Crippen LogP contribution in [-0.2, 0) is 0 Å². The van der Waals surface area contributed by atoms with Crippen molar-refractivity contribution in [2.45, 2.75) is 19.8 Å². The molecular weight excluding hydrogens is 419 g/mol. The second kappa shape index (κ2) is 10.1. The highest BCUT2D eigenvalue weighted by Crippen LogP contribution is 2.33. The van der Waals surface area contributed by atoms with Crippen molar-refractivity contribution in [1.29, 1.82) is 0 Å². The predicted octanol–water partition coefficient (Wildman–Crippen LogP) is 4.15. The molecule has 3 heterocycles. The molecule has 1 amide bonds. The summed E-state index contributed by atoms with van der Waals surface area (Å²) in [5.74, 6) is 1.48. The van der Waals surface area contributed by atoms with E-state index in [2.05, 4.69) is 17.1 Å². The molecule has 2 atom stereocenters. The van der Waals surface area contributed by atoms with E-state index in [4.69, 9.17) is 5.73 Å². The fourth-order valence-electron chi connectivity index (χ4n) is 4.34. The molecule has 1 saturated heterocycles. The van der Waals surface area contributed by atoms with Crippen LogP contribution in [0.15, 0.2) is 60.8 Å². The van der Waals surface area contributed by atoms with E-state index in [0.717, 1.165) is 22.8 Å². The maximum Gasteiger partial charge on any atom is 0.255 e. The number of nitrogens with two attached hydrogens (primary N) is 1. The van der Waals surface area contributed by atoms with Gasteiger partial charge >= 0.3 is 0 Å². The van der Waals surface area contributed by atoms with Gasteiger partial charge in [0.25, 0.3) is 5.91 Å². The quantitative estimate of drug-likeness (QED) is 0.654. The van der Waals surface area contributed by atoms with Gasteiger partial charge in [-0.2, -0.15) is 0 Å². The number of aryl methyl sites for hydroxylation is 1. The number of carbonyl (C=O) groups excluding carboxylic acids is 1. The zero-order valence-electron chi connectivity index (χ0n) is 17.2. The second-order valence-electron chi connectivity index (χ2n) is 7.53. The molecule has 1 aliphatic heterocycles. The lowest BCUT2D eigenvalue weighted by Gasteiger charge is -2.17. The van der Waals surface area contributed by atoms with Crippen LogP contribution in [0.25, 0.3) is 5.82 Å². The summed E-state index contributed by atoms with van der Waals surface area (Å²) in [4.78, 5) is 19.8. The summed E-state index contributed by atoms with van der Waals surface area (Å²) in [6.45, 7) is 5.98. The van der Waals surface area contributed by atoms with Crippen LogP contribution >= 0.6 is 24.8 Å². The van der Waals surface area contributed by atoms with Gasteiger partial charge in [-0.25, -0.2) is 4.98 Å². The molecule has 0 radical (unpaired) electrons. The van der Waals surface area contributed by atoms with Crippen molar-refractivity contribution in [2.24, 2.45) is 11.7 Å². The Morgan fingerprint density at radius 2 is 1.77 bits per heavy atom. The molecule has 0 spiro atoms. The monoisotopic (exact) mass is 446 g/mol. The molecule has 30 heavy (non-hydrogen) atoms. The number of hydrogen-bond acceptors (Lipinski definition) is 3. The van der Waals surface area contributed by atoms with Gasteiger partial charge in [-0.1, -0.05) is 36.4 Å². The second-order valence-corrected chi connectivity index (χ2v) is 7.53. The minimum Gasteiger partial charge on any atom is -0.338 e. The average molecular weight is 447 g/mol. The van der Waals surface area contributed by atoms with E-state index in [-0.39, 0.29) is 42.6 Å². The Hall–Kier alpha value is -2.34. The Bertz CT molecular complexity index is 976. The first-order valence-electron chi connectivity index (χ1n) is 9.74. The summed E-state index contributed by atoms with van der Waals surface area (Å²) in [6.07, 6.45) is 1.77. The van der Waals surface area contributed by atoms with Crippen LogP contribution in [-0.4, -0.2) is 40.0 Å². The lowest BCUT2D eigenvalue weighted by atomic mass is 9.89. The van der Waals surface area contributed by atoms with E-state index in [9.17, 15) is 4.79 Å². The molecule has 7 heteroatoms. The molecule has 2 aromatic heterocycles. The van der Waals surface area contributed by atoms with Crippen LogP contribution in [0.2, 0.25) is 0 Å². The fraction of sp³-hybridized carbons (Fsp3) is 0.304. The van der Waals surface area contributed by atoms with Gasteiger partial charge in [-0.3, -0.25) is 4.79 Å². The summed E-state index contributed by atoms with van der Waals surface area (Å²) in [6, 6.07) is 18.2. The minimum atomic E-state index is 0. The van der Waals surface area contributed by atoms with Gasteiger partial charge in [0.15, 0.2) is 0 Å². The Balaban J connectivity index is 0.00000160. The van der Waals surface area contributed by atoms with Gasteiger partial charge in [0.2, 0.25) is 0 Å². The molecule has 0 bridgehead atoms. The average Bonchev–Trinajstić information content (AvgIpc) is 3.29.